The molecule has 1 heterocycles. The van der Waals surface area contributed by atoms with Crippen LogP contribution in [0, 0.1) is 17.6 Å². The summed E-state index contributed by atoms with van der Waals surface area (Å²) in [7, 11) is 0. The number of rotatable bonds is 4. The second kappa shape index (κ2) is 4.78. The van der Waals surface area contributed by atoms with Gasteiger partial charge in [-0.15, -0.1) is 0 Å². The van der Waals surface area contributed by atoms with Crippen LogP contribution in [0.3, 0.4) is 0 Å². The van der Waals surface area contributed by atoms with Crippen molar-refractivity contribution in [2.75, 3.05) is 0 Å². The zero-order valence-corrected chi connectivity index (χ0v) is 10.3. The molecule has 0 aliphatic carbocycles. The Labute approximate surface area is 91.3 Å². The lowest BCUT2D eigenvalue weighted by Gasteiger charge is -2.16. The number of imidazole rings is 1. The monoisotopic (exact) mass is 212 g/mol. The topological polar surface area (TPSA) is 20.7 Å². The summed E-state index contributed by atoms with van der Waals surface area (Å²) in [6.07, 6.45) is 4.44. The molecular formula is C11H20N2S. The van der Waals surface area contributed by atoms with Crippen LogP contribution in [0.1, 0.15) is 45.3 Å². The van der Waals surface area contributed by atoms with E-state index in [2.05, 4.69) is 37.2 Å². The highest BCUT2D eigenvalue weighted by Gasteiger charge is 2.08. The van der Waals surface area contributed by atoms with Crippen LogP contribution in [-0.2, 0) is 0 Å². The van der Waals surface area contributed by atoms with Crippen molar-refractivity contribution in [2.24, 2.45) is 5.92 Å². The van der Waals surface area contributed by atoms with Crippen LogP contribution in [-0.4, -0.2) is 9.55 Å². The standard InChI is InChI=1S/C11H20N2S/c1-8(2)5-6-9(3)13-10(4)7-12-11(13)14/h7-9H,5-6H2,1-4H3,(H,12,14). The molecule has 2 nitrogen and oxygen atoms in total. The number of hydrogen-bond acceptors (Lipinski definition) is 1. The van der Waals surface area contributed by atoms with Gasteiger partial charge in [-0.3, -0.25) is 0 Å². The maximum Gasteiger partial charge on any atom is 0.177 e. The lowest BCUT2D eigenvalue weighted by atomic mass is 10.0. The molecule has 0 spiro atoms. The first-order valence-corrected chi connectivity index (χ1v) is 5.69. The normalized spacial score (nSPS) is 13.5. The predicted octanol–water partition coefficient (Wildman–Crippen LogP) is 3.85. The molecular weight excluding hydrogens is 192 g/mol. The molecule has 0 bridgehead atoms. The van der Waals surface area contributed by atoms with Gasteiger partial charge in [0.1, 0.15) is 0 Å². The number of hydrogen-bond donors (Lipinski definition) is 1. The minimum absolute atomic E-state index is 0.510. The predicted molar refractivity (Wildman–Crippen MR) is 63.1 cm³/mol. The van der Waals surface area contributed by atoms with Crippen LogP contribution < -0.4 is 0 Å². The molecule has 3 heteroatoms. The third-order valence-corrected chi connectivity index (χ3v) is 2.92. The minimum Gasteiger partial charge on any atom is -0.337 e. The van der Waals surface area contributed by atoms with Crippen molar-refractivity contribution in [3.63, 3.8) is 0 Å². The van der Waals surface area contributed by atoms with E-state index >= 15 is 0 Å². The molecule has 0 aliphatic rings. The van der Waals surface area contributed by atoms with Gasteiger partial charge in [0.25, 0.3) is 0 Å². The van der Waals surface area contributed by atoms with E-state index in [0.717, 1.165) is 10.7 Å². The maximum atomic E-state index is 5.24. The Bertz CT molecular complexity index is 335. The average molecular weight is 212 g/mol. The average Bonchev–Trinajstić information content (AvgIpc) is 2.42. The molecule has 0 radical (unpaired) electrons. The van der Waals surface area contributed by atoms with E-state index < -0.39 is 0 Å². The second-order valence-electron chi connectivity index (χ2n) is 4.43. The quantitative estimate of drug-likeness (QED) is 0.752. The summed E-state index contributed by atoms with van der Waals surface area (Å²) in [5.74, 6) is 0.769. The fourth-order valence-electron chi connectivity index (χ4n) is 1.72. The Kier molecular flexibility index (Phi) is 3.93. The molecule has 1 atom stereocenters. The molecule has 1 aromatic rings. The summed E-state index contributed by atoms with van der Waals surface area (Å²) in [4.78, 5) is 3.08. The number of nitrogens with zero attached hydrogens (tertiary/aromatic N) is 1. The molecule has 1 N–H and O–H groups in total. The Hall–Kier alpha value is -0.570. The van der Waals surface area contributed by atoms with Gasteiger partial charge in [-0.05, 0) is 44.8 Å². The van der Waals surface area contributed by atoms with Gasteiger partial charge in [0.15, 0.2) is 4.77 Å². The van der Waals surface area contributed by atoms with Gasteiger partial charge in [-0.1, -0.05) is 13.8 Å². The van der Waals surface area contributed by atoms with Gasteiger partial charge < -0.3 is 9.55 Å². The SMILES string of the molecule is Cc1c[nH]c(=S)n1C(C)CCC(C)C. The molecule has 0 amide bonds. The number of nitrogens with one attached hydrogen (secondary N) is 1. The van der Waals surface area contributed by atoms with Crippen LogP contribution >= 0.6 is 12.2 Å². The van der Waals surface area contributed by atoms with Crippen LogP contribution in [0.5, 0.6) is 0 Å². The summed E-state index contributed by atoms with van der Waals surface area (Å²) in [6, 6.07) is 0.510. The zero-order valence-electron chi connectivity index (χ0n) is 9.50. The van der Waals surface area contributed by atoms with Crippen LogP contribution in [0.25, 0.3) is 0 Å². The molecule has 0 aromatic carbocycles. The van der Waals surface area contributed by atoms with Crippen LogP contribution in [0.4, 0.5) is 0 Å². The molecule has 14 heavy (non-hydrogen) atoms. The van der Waals surface area contributed by atoms with Crippen molar-refractivity contribution in [2.45, 2.75) is 46.6 Å². The minimum atomic E-state index is 0.510. The second-order valence-corrected chi connectivity index (χ2v) is 4.81. The van der Waals surface area contributed by atoms with Crippen molar-refractivity contribution >= 4 is 12.2 Å². The van der Waals surface area contributed by atoms with Crippen molar-refractivity contribution < 1.29 is 0 Å². The van der Waals surface area contributed by atoms with Gasteiger partial charge >= 0.3 is 0 Å². The molecule has 1 rings (SSSR count). The summed E-state index contributed by atoms with van der Waals surface area (Å²) in [5.41, 5.74) is 1.23. The third kappa shape index (κ3) is 2.71. The molecule has 0 fully saturated rings. The van der Waals surface area contributed by atoms with Crippen molar-refractivity contribution in [3.8, 4) is 0 Å². The Morgan fingerprint density at radius 1 is 1.36 bits per heavy atom. The highest BCUT2D eigenvalue weighted by atomic mass is 32.1. The number of aromatic amines is 1. The first kappa shape index (κ1) is 11.5. The third-order valence-electron chi connectivity index (χ3n) is 2.61. The lowest BCUT2D eigenvalue weighted by Crippen LogP contribution is -2.08. The van der Waals surface area contributed by atoms with Crippen molar-refractivity contribution in [1.29, 1.82) is 0 Å². The van der Waals surface area contributed by atoms with E-state index in [1.807, 2.05) is 6.20 Å². The van der Waals surface area contributed by atoms with Crippen molar-refractivity contribution in [1.82, 2.24) is 9.55 Å². The highest BCUT2D eigenvalue weighted by molar-refractivity contribution is 7.71. The fourth-order valence-corrected chi connectivity index (χ4v) is 2.10. The molecule has 0 aliphatic heterocycles. The van der Waals surface area contributed by atoms with Gasteiger partial charge in [0.2, 0.25) is 0 Å². The van der Waals surface area contributed by atoms with Gasteiger partial charge in [0, 0.05) is 17.9 Å². The lowest BCUT2D eigenvalue weighted by molar-refractivity contribution is 0.431. The van der Waals surface area contributed by atoms with E-state index in [1.165, 1.54) is 18.5 Å². The highest BCUT2D eigenvalue weighted by Crippen LogP contribution is 2.18. The zero-order chi connectivity index (χ0) is 10.7. The van der Waals surface area contributed by atoms with E-state index in [-0.39, 0.29) is 0 Å². The first-order chi connectivity index (χ1) is 6.52. The molecule has 1 aromatic heterocycles. The molecule has 1 unspecified atom stereocenters. The van der Waals surface area contributed by atoms with Gasteiger partial charge in [-0.25, -0.2) is 0 Å². The van der Waals surface area contributed by atoms with E-state index in [9.17, 15) is 0 Å². The summed E-state index contributed by atoms with van der Waals surface area (Å²) in [5, 5.41) is 0. The summed E-state index contributed by atoms with van der Waals surface area (Å²) in [6.45, 7) is 8.85. The summed E-state index contributed by atoms with van der Waals surface area (Å²) < 4.78 is 3.05. The Morgan fingerprint density at radius 2 is 2.00 bits per heavy atom. The molecule has 0 saturated heterocycles. The maximum absolute atomic E-state index is 5.24. The van der Waals surface area contributed by atoms with Gasteiger partial charge in [0.05, 0.1) is 0 Å². The van der Waals surface area contributed by atoms with Crippen molar-refractivity contribution in [3.05, 3.63) is 16.7 Å². The van der Waals surface area contributed by atoms with E-state index in [0.29, 0.717) is 6.04 Å². The van der Waals surface area contributed by atoms with Crippen LogP contribution in [0.15, 0.2) is 6.20 Å². The van der Waals surface area contributed by atoms with Gasteiger partial charge in [-0.2, -0.15) is 0 Å². The largest absolute Gasteiger partial charge is 0.337 e. The smallest absolute Gasteiger partial charge is 0.177 e. The fraction of sp³-hybridized carbons (Fsp3) is 0.727. The summed E-state index contributed by atoms with van der Waals surface area (Å²) >= 11 is 5.24. The Balaban J connectivity index is 2.69. The first-order valence-electron chi connectivity index (χ1n) is 5.29. The number of H-pyrrole nitrogens is 1. The van der Waals surface area contributed by atoms with Crippen LogP contribution in [0.2, 0.25) is 0 Å². The molecule has 0 saturated carbocycles. The molecule has 80 valence electrons. The number of aromatic nitrogens is 2. The van der Waals surface area contributed by atoms with E-state index in [1.54, 1.807) is 0 Å². The Morgan fingerprint density at radius 3 is 2.43 bits per heavy atom. The number of aryl methyl sites for hydroxylation is 1. The van der Waals surface area contributed by atoms with E-state index in [4.69, 9.17) is 12.2 Å².